The summed E-state index contributed by atoms with van der Waals surface area (Å²) >= 11 is 0. The van der Waals surface area contributed by atoms with Gasteiger partial charge in [0.05, 0.1) is 17.9 Å². The molecule has 17 heavy (non-hydrogen) atoms. The summed E-state index contributed by atoms with van der Waals surface area (Å²) in [6.07, 6.45) is 3.28. The van der Waals surface area contributed by atoms with E-state index >= 15 is 0 Å². The fraction of sp³-hybridized carbons (Fsp3) is 0.250. The molecular formula is C12H12N2O3. The average Bonchev–Trinajstić information content (AvgIpc) is 2.73. The quantitative estimate of drug-likeness (QED) is 0.759. The van der Waals surface area contributed by atoms with E-state index in [1.807, 2.05) is 6.07 Å². The van der Waals surface area contributed by atoms with E-state index in [-0.39, 0.29) is 5.76 Å². The van der Waals surface area contributed by atoms with Crippen molar-refractivity contribution in [3.8, 4) is 11.5 Å². The number of pyridine rings is 1. The van der Waals surface area contributed by atoms with Crippen molar-refractivity contribution in [2.24, 2.45) is 0 Å². The SMILES string of the molecule is CCOC(=O)c1oc(-c2cccnc2)nc1C. The van der Waals surface area contributed by atoms with Crippen LogP contribution in [-0.4, -0.2) is 22.5 Å². The summed E-state index contributed by atoms with van der Waals surface area (Å²) in [7, 11) is 0. The molecule has 0 unspecified atom stereocenters. The van der Waals surface area contributed by atoms with Crippen molar-refractivity contribution in [2.45, 2.75) is 13.8 Å². The smallest absolute Gasteiger partial charge is 0.376 e. The van der Waals surface area contributed by atoms with E-state index in [0.29, 0.717) is 18.2 Å². The minimum Gasteiger partial charge on any atom is -0.460 e. The van der Waals surface area contributed by atoms with Gasteiger partial charge < -0.3 is 9.15 Å². The molecule has 0 bridgehead atoms. The zero-order chi connectivity index (χ0) is 12.3. The number of hydrogen-bond acceptors (Lipinski definition) is 5. The predicted octanol–water partition coefficient (Wildman–Crippen LogP) is 2.22. The van der Waals surface area contributed by atoms with Gasteiger partial charge in [0.25, 0.3) is 0 Å². The van der Waals surface area contributed by atoms with Crippen LogP contribution in [0.3, 0.4) is 0 Å². The van der Waals surface area contributed by atoms with Crippen molar-refractivity contribution in [3.63, 3.8) is 0 Å². The summed E-state index contributed by atoms with van der Waals surface area (Å²) in [5.41, 5.74) is 1.24. The lowest BCUT2D eigenvalue weighted by atomic mass is 10.3. The molecule has 0 saturated carbocycles. The topological polar surface area (TPSA) is 65.2 Å². The minimum absolute atomic E-state index is 0.144. The lowest BCUT2D eigenvalue weighted by molar-refractivity contribution is 0.0490. The zero-order valence-electron chi connectivity index (χ0n) is 9.64. The Hall–Kier alpha value is -2.17. The Bertz CT molecular complexity index is 520. The number of ether oxygens (including phenoxy) is 1. The van der Waals surface area contributed by atoms with Gasteiger partial charge in [-0.15, -0.1) is 0 Å². The summed E-state index contributed by atoms with van der Waals surface area (Å²) < 4.78 is 10.3. The summed E-state index contributed by atoms with van der Waals surface area (Å²) in [6, 6.07) is 3.59. The van der Waals surface area contributed by atoms with Crippen LogP contribution in [0.15, 0.2) is 28.9 Å². The Kier molecular flexibility index (Phi) is 3.18. The van der Waals surface area contributed by atoms with Crippen LogP contribution in [-0.2, 0) is 4.74 Å². The average molecular weight is 232 g/mol. The molecule has 2 aromatic rings. The summed E-state index contributed by atoms with van der Waals surface area (Å²) in [5.74, 6) is 0.0250. The molecule has 88 valence electrons. The third-order valence-corrected chi connectivity index (χ3v) is 2.17. The maximum atomic E-state index is 11.5. The van der Waals surface area contributed by atoms with Gasteiger partial charge in [-0.1, -0.05) is 0 Å². The Morgan fingerprint density at radius 3 is 3.00 bits per heavy atom. The number of hydrogen-bond donors (Lipinski definition) is 0. The summed E-state index contributed by atoms with van der Waals surface area (Å²) in [4.78, 5) is 19.7. The van der Waals surface area contributed by atoms with E-state index in [1.165, 1.54) is 0 Å². The maximum absolute atomic E-state index is 11.5. The molecule has 0 atom stereocenters. The molecule has 0 aromatic carbocycles. The van der Waals surface area contributed by atoms with Gasteiger partial charge in [-0.2, -0.15) is 0 Å². The largest absolute Gasteiger partial charge is 0.460 e. The van der Waals surface area contributed by atoms with Crippen LogP contribution in [0.25, 0.3) is 11.5 Å². The first kappa shape index (κ1) is 11.3. The standard InChI is InChI=1S/C12H12N2O3/c1-3-16-12(15)10-8(2)14-11(17-10)9-5-4-6-13-7-9/h4-7H,3H2,1-2H3. The Morgan fingerprint density at radius 2 is 2.35 bits per heavy atom. The molecule has 0 saturated heterocycles. The van der Waals surface area contributed by atoms with Gasteiger partial charge in [0, 0.05) is 12.4 Å². The highest BCUT2D eigenvalue weighted by Gasteiger charge is 2.19. The van der Waals surface area contributed by atoms with E-state index in [2.05, 4.69) is 9.97 Å². The van der Waals surface area contributed by atoms with Crippen LogP contribution in [0, 0.1) is 6.92 Å². The number of carbonyl (C=O) groups excluding carboxylic acids is 1. The number of esters is 1. The second-order valence-corrected chi connectivity index (χ2v) is 3.40. The number of carbonyl (C=O) groups is 1. The number of aromatic nitrogens is 2. The first-order valence-corrected chi connectivity index (χ1v) is 5.27. The van der Waals surface area contributed by atoms with Crippen molar-refractivity contribution in [2.75, 3.05) is 6.61 Å². The number of oxazole rings is 1. The molecule has 0 aliphatic rings. The van der Waals surface area contributed by atoms with E-state index in [4.69, 9.17) is 9.15 Å². The zero-order valence-corrected chi connectivity index (χ0v) is 9.64. The molecule has 2 aromatic heterocycles. The highest BCUT2D eigenvalue weighted by Crippen LogP contribution is 2.21. The molecule has 5 heteroatoms. The van der Waals surface area contributed by atoms with Crippen molar-refractivity contribution >= 4 is 5.97 Å². The monoisotopic (exact) mass is 232 g/mol. The molecule has 0 N–H and O–H groups in total. The molecule has 0 radical (unpaired) electrons. The third kappa shape index (κ3) is 2.33. The van der Waals surface area contributed by atoms with Gasteiger partial charge in [0.15, 0.2) is 0 Å². The van der Waals surface area contributed by atoms with Gasteiger partial charge in [0.2, 0.25) is 11.7 Å². The first-order valence-electron chi connectivity index (χ1n) is 5.27. The number of rotatable bonds is 3. The Morgan fingerprint density at radius 1 is 1.53 bits per heavy atom. The van der Waals surface area contributed by atoms with Crippen LogP contribution in [0.5, 0.6) is 0 Å². The maximum Gasteiger partial charge on any atom is 0.376 e. The van der Waals surface area contributed by atoms with Crippen LogP contribution in [0.2, 0.25) is 0 Å². The van der Waals surface area contributed by atoms with Crippen molar-refractivity contribution in [3.05, 3.63) is 36.0 Å². The van der Waals surface area contributed by atoms with Gasteiger partial charge >= 0.3 is 5.97 Å². The predicted molar refractivity (Wildman–Crippen MR) is 60.4 cm³/mol. The van der Waals surface area contributed by atoms with Gasteiger partial charge in [-0.25, -0.2) is 9.78 Å². The van der Waals surface area contributed by atoms with E-state index in [1.54, 1.807) is 32.3 Å². The lowest BCUT2D eigenvalue weighted by Crippen LogP contribution is -2.04. The van der Waals surface area contributed by atoms with Crippen molar-refractivity contribution < 1.29 is 13.9 Å². The van der Waals surface area contributed by atoms with Gasteiger partial charge in [-0.05, 0) is 26.0 Å². The van der Waals surface area contributed by atoms with Gasteiger partial charge in [-0.3, -0.25) is 4.98 Å². The molecular weight excluding hydrogens is 220 g/mol. The molecule has 2 rings (SSSR count). The molecule has 0 spiro atoms. The van der Waals surface area contributed by atoms with E-state index < -0.39 is 5.97 Å². The van der Waals surface area contributed by atoms with Crippen LogP contribution < -0.4 is 0 Å². The summed E-state index contributed by atoms with van der Waals surface area (Å²) in [6.45, 7) is 3.75. The molecule has 0 aliphatic heterocycles. The van der Waals surface area contributed by atoms with Crippen LogP contribution >= 0.6 is 0 Å². The molecule has 0 amide bonds. The normalized spacial score (nSPS) is 10.2. The Labute approximate surface area is 98.5 Å². The van der Waals surface area contributed by atoms with E-state index in [9.17, 15) is 4.79 Å². The van der Waals surface area contributed by atoms with E-state index in [0.717, 1.165) is 5.56 Å². The van der Waals surface area contributed by atoms with Crippen molar-refractivity contribution in [1.82, 2.24) is 9.97 Å². The lowest BCUT2D eigenvalue weighted by Gasteiger charge is -1.97. The second kappa shape index (κ2) is 4.78. The first-order chi connectivity index (χ1) is 8.22. The van der Waals surface area contributed by atoms with Gasteiger partial charge in [0.1, 0.15) is 0 Å². The Balaban J connectivity index is 2.34. The fourth-order valence-electron chi connectivity index (χ4n) is 1.40. The second-order valence-electron chi connectivity index (χ2n) is 3.40. The fourth-order valence-corrected chi connectivity index (χ4v) is 1.40. The number of nitrogens with zero attached hydrogens (tertiary/aromatic N) is 2. The molecule has 5 nitrogen and oxygen atoms in total. The number of aryl methyl sites for hydroxylation is 1. The minimum atomic E-state index is -0.493. The highest BCUT2D eigenvalue weighted by atomic mass is 16.5. The molecule has 0 aliphatic carbocycles. The third-order valence-electron chi connectivity index (χ3n) is 2.17. The van der Waals surface area contributed by atoms with Crippen molar-refractivity contribution in [1.29, 1.82) is 0 Å². The summed E-state index contributed by atoms with van der Waals surface area (Å²) in [5, 5.41) is 0. The van der Waals surface area contributed by atoms with Crippen LogP contribution in [0.1, 0.15) is 23.2 Å². The molecule has 2 heterocycles. The van der Waals surface area contributed by atoms with Crippen LogP contribution in [0.4, 0.5) is 0 Å². The highest BCUT2D eigenvalue weighted by molar-refractivity contribution is 5.87. The molecule has 0 fully saturated rings.